The molecular formula is C17H19NO4S. The zero-order chi connectivity index (χ0) is 15.7. The van der Waals surface area contributed by atoms with Crippen molar-refractivity contribution < 1.29 is 19.0 Å². The molecule has 5 nitrogen and oxygen atoms in total. The minimum Gasteiger partial charge on any atom is -0.454 e. The molecule has 0 unspecified atom stereocenters. The van der Waals surface area contributed by atoms with E-state index in [0.29, 0.717) is 0 Å². The fourth-order valence-electron chi connectivity index (χ4n) is 3.14. The molecule has 3 heterocycles. The lowest BCUT2D eigenvalue weighted by atomic mass is 10.1. The Morgan fingerprint density at radius 1 is 1.22 bits per heavy atom. The van der Waals surface area contributed by atoms with Crippen molar-refractivity contribution in [1.82, 2.24) is 4.90 Å². The van der Waals surface area contributed by atoms with Crippen LogP contribution in [0.25, 0.3) is 6.08 Å². The molecule has 3 aliphatic heterocycles. The van der Waals surface area contributed by atoms with Crippen LogP contribution in [0, 0.1) is 0 Å². The van der Waals surface area contributed by atoms with Crippen LogP contribution in [0.2, 0.25) is 0 Å². The van der Waals surface area contributed by atoms with Gasteiger partial charge in [-0.1, -0.05) is 6.07 Å². The number of piperidine rings is 1. The number of fused-ring (bicyclic) bond motifs is 1. The normalized spacial score (nSPS) is 22.2. The van der Waals surface area contributed by atoms with Crippen LogP contribution >= 0.6 is 11.8 Å². The van der Waals surface area contributed by atoms with Gasteiger partial charge in [-0.05, 0) is 23.8 Å². The number of thioether (sulfide) groups is 1. The number of hydrogen-bond acceptors (Lipinski definition) is 5. The first kappa shape index (κ1) is 14.9. The molecule has 23 heavy (non-hydrogen) atoms. The van der Waals surface area contributed by atoms with Crippen molar-refractivity contribution in [3.8, 4) is 11.5 Å². The summed E-state index contributed by atoms with van der Waals surface area (Å²) in [7, 11) is 0. The molecule has 1 aromatic rings. The number of hydrogen-bond donors (Lipinski definition) is 0. The second-order valence-corrected chi connectivity index (χ2v) is 7.32. The zero-order valence-electron chi connectivity index (χ0n) is 12.8. The van der Waals surface area contributed by atoms with Crippen molar-refractivity contribution in [2.24, 2.45) is 0 Å². The fraction of sp³-hybridized carbons (Fsp3) is 0.471. The Kier molecular flexibility index (Phi) is 3.95. The van der Waals surface area contributed by atoms with E-state index in [0.717, 1.165) is 55.4 Å². The molecule has 2 fully saturated rings. The standard InChI is InChI=1S/C17H19NO4S/c19-16(18-7-5-17(6-8-18)22-9-10-23-17)4-2-13-1-3-14-15(11-13)21-12-20-14/h1-4,11H,5-10,12H2/b4-2+. The maximum Gasteiger partial charge on any atom is 0.246 e. The van der Waals surface area contributed by atoms with Crippen molar-refractivity contribution >= 4 is 23.7 Å². The molecule has 1 aromatic carbocycles. The lowest BCUT2D eigenvalue weighted by Crippen LogP contribution is -2.44. The Bertz CT molecular complexity index is 629. The second-order valence-electron chi connectivity index (χ2n) is 5.88. The van der Waals surface area contributed by atoms with Gasteiger partial charge >= 0.3 is 0 Å². The Hall–Kier alpha value is -1.66. The van der Waals surface area contributed by atoms with E-state index >= 15 is 0 Å². The number of ether oxygens (including phenoxy) is 3. The van der Waals surface area contributed by atoms with Gasteiger partial charge in [-0.2, -0.15) is 0 Å². The summed E-state index contributed by atoms with van der Waals surface area (Å²) in [5.41, 5.74) is 0.936. The summed E-state index contributed by atoms with van der Waals surface area (Å²) < 4.78 is 16.5. The number of nitrogens with zero attached hydrogens (tertiary/aromatic N) is 1. The smallest absolute Gasteiger partial charge is 0.246 e. The molecule has 0 saturated carbocycles. The van der Waals surface area contributed by atoms with E-state index in [9.17, 15) is 4.79 Å². The first-order chi connectivity index (χ1) is 11.2. The van der Waals surface area contributed by atoms with Crippen molar-refractivity contribution in [3.05, 3.63) is 29.8 Å². The maximum atomic E-state index is 12.3. The highest BCUT2D eigenvalue weighted by Gasteiger charge is 2.39. The number of carbonyl (C=O) groups excluding carboxylic acids is 1. The number of benzene rings is 1. The second kappa shape index (κ2) is 6.09. The highest BCUT2D eigenvalue weighted by molar-refractivity contribution is 8.00. The van der Waals surface area contributed by atoms with Gasteiger partial charge in [0.05, 0.1) is 6.61 Å². The summed E-state index contributed by atoms with van der Waals surface area (Å²) in [6, 6.07) is 5.68. The van der Waals surface area contributed by atoms with Crippen LogP contribution in [0.3, 0.4) is 0 Å². The van der Waals surface area contributed by atoms with Crippen LogP contribution in [0.15, 0.2) is 24.3 Å². The van der Waals surface area contributed by atoms with E-state index in [1.54, 1.807) is 6.08 Å². The summed E-state index contributed by atoms with van der Waals surface area (Å²) in [6.45, 7) is 2.62. The van der Waals surface area contributed by atoms with E-state index in [1.807, 2.05) is 40.9 Å². The van der Waals surface area contributed by atoms with Crippen molar-refractivity contribution in [3.63, 3.8) is 0 Å². The van der Waals surface area contributed by atoms with Gasteiger partial charge in [0, 0.05) is 37.8 Å². The van der Waals surface area contributed by atoms with Crippen LogP contribution in [-0.4, -0.2) is 48.0 Å². The summed E-state index contributed by atoms with van der Waals surface area (Å²) in [4.78, 5) is 14.2. The van der Waals surface area contributed by atoms with Crippen LogP contribution in [-0.2, 0) is 9.53 Å². The highest BCUT2D eigenvalue weighted by atomic mass is 32.2. The Labute approximate surface area is 139 Å². The van der Waals surface area contributed by atoms with Crippen LogP contribution < -0.4 is 9.47 Å². The van der Waals surface area contributed by atoms with Gasteiger partial charge in [-0.3, -0.25) is 4.79 Å². The van der Waals surface area contributed by atoms with Gasteiger partial charge in [-0.15, -0.1) is 11.8 Å². The van der Waals surface area contributed by atoms with Gasteiger partial charge in [0.1, 0.15) is 4.93 Å². The van der Waals surface area contributed by atoms with E-state index in [1.165, 1.54) is 0 Å². The highest BCUT2D eigenvalue weighted by Crippen LogP contribution is 2.41. The Morgan fingerprint density at radius 2 is 2.04 bits per heavy atom. The van der Waals surface area contributed by atoms with Crippen molar-refractivity contribution in [2.45, 2.75) is 17.8 Å². The monoisotopic (exact) mass is 333 g/mol. The largest absolute Gasteiger partial charge is 0.454 e. The van der Waals surface area contributed by atoms with Crippen molar-refractivity contribution in [2.75, 3.05) is 32.2 Å². The van der Waals surface area contributed by atoms with Gasteiger partial charge in [-0.25, -0.2) is 0 Å². The lowest BCUT2D eigenvalue weighted by Gasteiger charge is -2.37. The molecule has 0 bridgehead atoms. The predicted octanol–water partition coefficient (Wildman–Crippen LogP) is 2.51. The number of likely N-dealkylation sites (tertiary alicyclic amines) is 1. The molecule has 0 atom stereocenters. The first-order valence-corrected chi connectivity index (χ1v) is 8.87. The minimum absolute atomic E-state index is 0.0299. The molecule has 3 aliphatic rings. The van der Waals surface area contributed by atoms with E-state index in [2.05, 4.69) is 0 Å². The Balaban J connectivity index is 1.36. The number of amides is 1. The summed E-state index contributed by atoms with van der Waals surface area (Å²) in [6.07, 6.45) is 5.30. The quantitative estimate of drug-likeness (QED) is 0.778. The molecule has 1 amide bonds. The van der Waals surface area contributed by atoms with Gasteiger partial charge in [0.25, 0.3) is 0 Å². The van der Waals surface area contributed by atoms with Crippen LogP contribution in [0.1, 0.15) is 18.4 Å². The average molecular weight is 333 g/mol. The molecule has 0 aliphatic carbocycles. The third kappa shape index (κ3) is 3.05. The molecular weight excluding hydrogens is 314 g/mol. The molecule has 4 rings (SSSR count). The van der Waals surface area contributed by atoms with Crippen LogP contribution in [0.4, 0.5) is 0 Å². The third-order valence-electron chi connectivity index (χ3n) is 4.47. The first-order valence-electron chi connectivity index (χ1n) is 7.89. The van der Waals surface area contributed by atoms with Crippen LogP contribution in [0.5, 0.6) is 11.5 Å². The molecule has 6 heteroatoms. The lowest BCUT2D eigenvalue weighted by molar-refractivity contribution is -0.128. The van der Waals surface area contributed by atoms with Gasteiger partial charge < -0.3 is 19.1 Å². The molecule has 0 aromatic heterocycles. The molecule has 0 radical (unpaired) electrons. The Morgan fingerprint density at radius 3 is 2.83 bits per heavy atom. The third-order valence-corrected chi connectivity index (χ3v) is 5.89. The number of rotatable bonds is 2. The van der Waals surface area contributed by atoms with Gasteiger partial charge in [0.15, 0.2) is 11.5 Å². The zero-order valence-corrected chi connectivity index (χ0v) is 13.6. The summed E-state index contributed by atoms with van der Waals surface area (Å²) in [5, 5.41) is 0. The number of carbonyl (C=O) groups is 1. The molecule has 2 saturated heterocycles. The SMILES string of the molecule is O=C(/C=C/c1ccc2c(c1)OCO2)N1CCC2(CC1)OCCS2. The average Bonchev–Trinajstić information content (AvgIpc) is 3.22. The predicted molar refractivity (Wildman–Crippen MR) is 88.6 cm³/mol. The fourth-order valence-corrected chi connectivity index (χ4v) is 4.32. The maximum absolute atomic E-state index is 12.3. The topological polar surface area (TPSA) is 48.0 Å². The summed E-state index contributed by atoms with van der Waals surface area (Å²) in [5.74, 6) is 2.61. The van der Waals surface area contributed by atoms with E-state index < -0.39 is 0 Å². The molecule has 1 spiro atoms. The molecule has 122 valence electrons. The molecule has 0 N–H and O–H groups in total. The van der Waals surface area contributed by atoms with E-state index in [-0.39, 0.29) is 17.6 Å². The van der Waals surface area contributed by atoms with E-state index in [4.69, 9.17) is 14.2 Å². The van der Waals surface area contributed by atoms with Crippen molar-refractivity contribution in [1.29, 1.82) is 0 Å². The van der Waals surface area contributed by atoms with Gasteiger partial charge in [0.2, 0.25) is 12.7 Å². The minimum atomic E-state index is -0.0299. The summed E-state index contributed by atoms with van der Waals surface area (Å²) >= 11 is 1.90.